The number of furan rings is 1. The molecule has 0 saturated heterocycles. The maximum Gasteiger partial charge on any atom is 0.293 e. The second-order valence-corrected chi connectivity index (χ2v) is 2.22. The van der Waals surface area contributed by atoms with Crippen LogP contribution in [0.5, 0.6) is 0 Å². The van der Waals surface area contributed by atoms with Gasteiger partial charge in [-0.05, 0) is 12.1 Å². The van der Waals surface area contributed by atoms with Gasteiger partial charge in [0.2, 0.25) is 0 Å². The lowest BCUT2D eigenvalue weighted by atomic mass is 10.4. The summed E-state index contributed by atoms with van der Waals surface area (Å²) in [7, 11) is 0. The molecule has 0 aliphatic heterocycles. The molecule has 2 aromatic rings. The van der Waals surface area contributed by atoms with Crippen LogP contribution in [0, 0.1) is 0 Å². The van der Waals surface area contributed by atoms with Gasteiger partial charge in [0.25, 0.3) is 5.89 Å². The van der Waals surface area contributed by atoms with Gasteiger partial charge in [-0.15, -0.1) is 0 Å². The van der Waals surface area contributed by atoms with Crippen LogP contribution in [-0.4, -0.2) is 10.1 Å². The fourth-order valence-electron chi connectivity index (χ4n) is 0.884. The first-order valence-corrected chi connectivity index (χ1v) is 3.46. The van der Waals surface area contributed by atoms with Gasteiger partial charge in [-0.1, -0.05) is 5.16 Å². The molecule has 0 spiro atoms. The molecule has 0 unspecified atom stereocenters. The highest BCUT2D eigenvalue weighted by molar-refractivity contribution is 5.43. The van der Waals surface area contributed by atoms with Crippen molar-refractivity contribution in [3.8, 4) is 11.7 Å². The van der Waals surface area contributed by atoms with Gasteiger partial charge >= 0.3 is 0 Å². The Bertz CT molecular complexity index is 352. The molecule has 0 amide bonds. The zero-order chi connectivity index (χ0) is 8.39. The summed E-state index contributed by atoms with van der Waals surface area (Å²) in [6, 6.07) is 3.52. The standard InChI is InChI=1S/C7H7N3O2/c8-3-5-1-2-6(11-5)7-9-4-10-12-7/h1-2,4H,3,8H2. The lowest BCUT2D eigenvalue weighted by molar-refractivity contribution is 0.410. The molecule has 0 aliphatic carbocycles. The molecule has 0 saturated carbocycles. The van der Waals surface area contributed by atoms with Gasteiger partial charge in [-0.2, -0.15) is 4.98 Å². The summed E-state index contributed by atoms with van der Waals surface area (Å²) in [5.41, 5.74) is 5.36. The van der Waals surface area contributed by atoms with Gasteiger partial charge in [0.1, 0.15) is 5.76 Å². The van der Waals surface area contributed by atoms with Crippen molar-refractivity contribution in [1.29, 1.82) is 0 Å². The van der Waals surface area contributed by atoms with Crippen LogP contribution < -0.4 is 5.73 Å². The molecule has 62 valence electrons. The maximum absolute atomic E-state index is 5.36. The van der Waals surface area contributed by atoms with Crippen molar-refractivity contribution in [3.05, 3.63) is 24.2 Å². The van der Waals surface area contributed by atoms with Gasteiger partial charge in [0.15, 0.2) is 12.1 Å². The van der Waals surface area contributed by atoms with Gasteiger partial charge in [-0.25, -0.2) is 0 Å². The summed E-state index contributed by atoms with van der Waals surface area (Å²) in [6.07, 6.45) is 1.32. The second-order valence-electron chi connectivity index (χ2n) is 2.22. The zero-order valence-corrected chi connectivity index (χ0v) is 6.23. The molecule has 0 aliphatic rings. The quantitative estimate of drug-likeness (QED) is 0.711. The third kappa shape index (κ3) is 1.10. The Morgan fingerprint density at radius 2 is 2.33 bits per heavy atom. The number of hydrogen-bond acceptors (Lipinski definition) is 5. The Balaban J connectivity index is 2.35. The van der Waals surface area contributed by atoms with Crippen LogP contribution in [0.4, 0.5) is 0 Å². The van der Waals surface area contributed by atoms with E-state index in [0.717, 1.165) is 0 Å². The highest BCUT2D eigenvalue weighted by Crippen LogP contribution is 2.18. The minimum atomic E-state index is 0.369. The van der Waals surface area contributed by atoms with Crippen molar-refractivity contribution in [3.63, 3.8) is 0 Å². The van der Waals surface area contributed by atoms with Crippen LogP contribution >= 0.6 is 0 Å². The van der Waals surface area contributed by atoms with Gasteiger partial charge in [0.05, 0.1) is 6.54 Å². The molecule has 5 nitrogen and oxygen atoms in total. The van der Waals surface area contributed by atoms with Crippen molar-refractivity contribution >= 4 is 0 Å². The fourth-order valence-corrected chi connectivity index (χ4v) is 0.884. The van der Waals surface area contributed by atoms with Crippen molar-refractivity contribution < 1.29 is 8.94 Å². The molecular formula is C7H7N3O2. The molecule has 0 atom stereocenters. The molecule has 0 bridgehead atoms. The number of nitrogens with two attached hydrogens (primary N) is 1. The Kier molecular flexibility index (Phi) is 1.64. The van der Waals surface area contributed by atoms with Crippen molar-refractivity contribution in [2.24, 2.45) is 5.73 Å². The number of hydrogen-bond donors (Lipinski definition) is 1. The molecule has 12 heavy (non-hydrogen) atoms. The van der Waals surface area contributed by atoms with Crippen LogP contribution in [0.25, 0.3) is 11.7 Å². The van der Waals surface area contributed by atoms with E-state index in [0.29, 0.717) is 24.0 Å². The number of aromatic nitrogens is 2. The largest absolute Gasteiger partial charge is 0.455 e. The van der Waals surface area contributed by atoms with E-state index in [4.69, 9.17) is 14.7 Å². The van der Waals surface area contributed by atoms with E-state index in [1.807, 2.05) is 0 Å². The van der Waals surface area contributed by atoms with E-state index in [1.165, 1.54) is 6.33 Å². The van der Waals surface area contributed by atoms with E-state index in [2.05, 4.69) is 10.1 Å². The van der Waals surface area contributed by atoms with Crippen LogP contribution in [0.1, 0.15) is 5.76 Å². The third-order valence-electron chi connectivity index (χ3n) is 1.43. The van der Waals surface area contributed by atoms with Crippen molar-refractivity contribution in [2.75, 3.05) is 0 Å². The average Bonchev–Trinajstić information content (AvgIpc) is 2.75. The minimum absolute atomic E-state index is 0.369. The molecule has 0 fully saturated rings. The van der Waals surface area contributed by atoms with E-state index in [1.54, 1.807) is 12.1 Å². The third-order valence-corrected chi connectivity index (χ3v) is 1.43. The first kappa shape index (κ1) is 7.05. The lowest BCUT2D eigenvalue weighted by Gasteiger charge is -1.86. The molecule has 0 aromatic carbocycles. The van der Waals surface area contributed by atoms with Crippen molar-refractivity contribution in [2.45, 2.75) is 6.54 Å². The normalized spacial score (nSPS) is 10.4. The summed E-state index contributed by atoms with van der Waals surface area (Å²) in [5.74, 6) is 1.62. The summed E-state index contributed by atoms with van der Waals surface area (Å²) >= 11 is 0. The minimum Gasteiger partial charge on any atom is -0.455 e. The fraction of sp³-hybridized carbons (Fsp3) is 0.143. The number of rotatable bonds is 2. The van der Waals surface area contributed by atoms with Crippen molar-refractivity contribution in [1.82, 2.24) is 10.1 Å². The first-order chi connectivity index (χ1) is 5.90. The summed E-state index contributed by atoms with van der Waals surface area (Å²) in [5, 5.41) is 3.46. The maximum atomic E-state index is 5.36. The SMILES string of the molecule is NCc1ccc(-c2ncno2)o1. The predicted octanol–water partition coefficient (Wildman–Crippen LogP) is 0.788. The predicted molar refractivity (Wildman–Crippen MR) is 39.9 cm³/mol. The van der Waals surface area contributed by atoms with Gasteiger partial charge < -0.3 is 14.7 Å². The molecule has 2 rings (SSSR count). The lowest BCUT2D eigenvalue weighted by Crippen LogP contribution is -1.92. The van der Waals surface area contributed by atoms with Gasteiger partial charge in [-0.3, -0.25) is 0 Å². The van der Waals surface area contributed by atoms with Gasteiger partial charge in [0, 0.05) is 0 Å². The summed E-state index contributed by atoms with van der Waals surface area (Å²) < 4.78 is 10.0. The Labute approximate surface area is 68.2 Å². The molecule has 5 heteroatoms. The van der Waals surface area contributed by atoms with E-state index < -0.39 is 0 Å². The topological polar surface area (TPSA) is 78.1 Å². The second kappa shape index (κ2) is 2.78. The Hall–Kier alpha value is -1.62. The monoisotopic (exact) mass is 165 g/mol. The zero-order valence-electron chi connectivity index (χ0n) is 6.23. The van der Waals surface area contributed by atoms with E-state index in [-0.39, 0.29) is 0 Å². The Morgan fingerprint density at radius 1 is 1.42 bits per heavy atom. The summed E-state index contributed by atoms with van der Waals surface area (Å²) in [6.45, 7) is 0.369. The molecule has 2 heterocycles. The highest BCUT2D eigenvalue weighted by atomic mass is 16.5. The Morgan fingerprint density at radius 3 is 2.92 bits per heavy atom. The molecule has 2 aromatic heterocycles. The highest BCUT2D eigenvalue weighted by Gasteiger charge is 2.07. The van der Waals surface area contributed by atoms with E-state index >= 15 is 0 Å². The molecular weight excluding hydrogens is 158 g/mol. The van der Waals surface area contributed by atoms with Crippen LogP contribution in [0.3, 0.4) is 0 Å². The van der Waals surface area contributed by atoms with Crippen LogP contribution in [0.15, 0.2) is 27.4 Å². The van der Waals surface area contributed by atoms with E-state index in [9.17, 15) is 0 Å². The smallest absolute Gasteiger partial charge is 0.293 e. The molecule has 0 radical (unpaired) electrons. The van der Waals surface area contributed by atoms with Crippen LogP contribution in [0.2, 0.25) is 0 Å². The number of nitrogens with zero attached hydrogens (tertiary/aromatic N) is 2. The summed E-state index contributed by atoms with van der Waals surface area (Å²) in [4.78, 5) is 3.82. The first-order valence-electron chi connectivity index (χ1n) is 3.46. The average molecular weight is 165 g/mol. The van der Waals surface area contributed by atoms with Crippen LogP contribution in [-0.2, 0) is 6.54 Å². The molecule has 2 N–H and O–H groups in total.